The molecule has 0 fully saturated rings. The highest BCUT2D eigenvalue weighted by Crippen LogP contribution is 2.24. The van der Waals surface area contributed by atoms with Crippen molar-refractivity contribution in [2.45, 2.75) is 26.3 Å². The van der Waals surface area contributed by atoms with Crippen molar-refractivity contribution in [3.8, 4) is 6.07 Å². The van der Waals surface area contributed by atoms with Gasteiger partial charge in [-0.15, -0.1) is 0 Å². The van der Waals surface area contributed by atoms with E-state index in [0.717, 1.165) is 28.5 Å². The first-order valence-corrected chi connectivity index (χ1v) is 8.70. The number of nitriles is 1. The van der Waals surface area contributed by atoms with Crippen LogP contribution in [0.2, 0.25) is 0 Å². The lowest BCUT2D eigenvalue weighted by molar-refractivity contribution is -0.117. The van der Waals surface area contributed by atoms with E-state index in [1.54, 1.807) is 6.08 Å². The Bertz CT molecular complexity index is 993. The molecule has 0 aliphatic heterocycles. The van der Waals surface area contributed by atoms with Crippen LogP contribution in [0.25, 0.3) is 17.0 Å². The predicted octanol–water partition coefficient (Wildman–Crippen LogP) is 4.51. The number of aryl methyl sites for hydroxylation is 1. The second-order valence-corrected chi connectivity index (χ2v) is 6.21. The molecular formula is C22H21N3O. The Labute approximate surface area is 153 Å². The Hall–Kier alpha value is -3.32. The molecule has 0 saturated heterocycles. The zero-order valence-electron chi connectivity index (χ0n) is 14.9. The molecular weight excluding hydrogens is 322 g/mol. The summed E-state index contributed by atoms with van der Waals surface area (Å²) in [6, 6.07) is 17.6. The van der Waals surface area contributed by atoms with Gasteiger partial charge in [0, 0.05) is 22.7 Å². The fraction of sp³-hybridized carbons (Fsp3) is 0.182. The van der Waals surface area contributed by atoms with Gasteiger partial charge in [0.25, 0.3) is 5.91 Å². The van der Waals surface area contributed by atoms with Crippen LogP contribution in [0.3, 0.4) is 0 Å². The molecule has 2 aromatic carbocycles. The number of H-pyrrole nitrogens is 1. The molecule has 3 rings (SSSR count). The molecule has 0 radical (unpaired) electrons. The number of amides is 1. The first-order valence-electron chi connectivity index (χ1n) is 8.70. The SMILES string of the molecule is CCc1cccc2c(/C=C(\C#N)C(=O)N[C@H](C)c3ccccc3)c[nH]c12. The fourth-order valence-corrected chi connectivity index (χ4v) is 3.06. The van der Waals surface area contributed by atoms with Gasteiger partial charge in [-0.2, -0.15) is 5.26 Å². The number of fused-ring (bicyclic) bond motifs is 1. The minimum Gasteiger partial charge on any atom is -0.360 e. The Kier molecular flexibility index (Phi) is 5.19. The maximum absolute atomic E-state index is 12.5. The fourth-order valence-electron chi connectivity index (χ4n) is 3.06. The average molecular weight is 343 g/mol. The summed E-state index contributed by atoms with van der Waals surface area (Å²) in [4.78, 5) is 15.8. The molecule has 26 heavy (non-hydrogen) atoms. The summed E-state index contributed by atoms with van der Waals surface area (Å²) >= 11 is 0. The van der Waals surface area contributed by atoms with E-state index in [9.17, 15) is 10.1 Å². The number of carbonyl (C=O) groups excluding carboxylic acids is 1. The smallest absolute Gasteiger partial charge is 0.262 e. The van der Waals surface area contributed by atoms with E-state index in [2.05, 4.69) is 23.3 Å². The molecule has 4 nitrogen and oxygen atoms in total. The molecule has 0 bridgehead atoms. The van der Waals surface area contributed by atoms with Crippen LogP contribution in [-0.2, 0) is 11.2 Å². The Morgan fingerprint density at radius 1 is 1.23 bits per heavy atom. The van der Waals surface area contributed by atoms with Crippen LogP contribution in [-0.4, -0.2) is 10.9 Å². The third-order valence-electron chi connectivity index (χ3n) is 4.53. The van der Waals surface area contributed by atoms with E-state index in [0.29, 0.717) is 0 Å². The molecule has 1 atom stereocenters. The van der Waals surface area contributed by atoms with Gasteiger partial charge in [0.05, 0.1) is 6.04 Å². The van der Waals surface area contributed by atoms with Crippen LogP contribution in [0.4, 0.5) is 0 Å². The summed E-state index contributed by atoms with van der Waals surface area (Å²) in [6.07, 6.45) is 4.40. The Morgan fingerprint density at radius 2 is 2.00 bits per heavy atom. The number of aromatic amines is 1. The van der Waals surface area contributed by atoms with Gasteiger partial charge < -0.3 is 10.3 Å². The van der Waals surface area contributed by atoms with Crippen LogP contribution in [0.5, 0.6) is 0 Å². The van der Waals surface area contributed by atoms with Crippen molar-refractivity contribution < 1.29 is 4.79 Å². The zero-order chi connectivity index (χ0) is 18.5. The lowest BCUT2D eigenvalue weighted by atomic mass is 10.0. The van der Waals surface area contributed by atoms with Gasteiger partial charge in [0.15, 0.2) is 0 Å². The number of nitrogens with zero attached hydrogens (tertiary/aromatic N) is 1. The second-order valence-electron chi connectivity index (χ2n) is 6.21. The van der Waals surface area contributed by atoms with Crippen LogP contribution in [0.15, 0.2) is 60.3 Å². The number of hydrogen-bond donors (Lipinski definition) is 2. The molecule has 3 aromatic rings. The average Bonchev–Trinajstić information content (AvgIpc) is 3.09. The first-order chi connectivity index (χ1) is 12.6. The minimum atomic E-state index is -0.371. The molecule has 0 aliphatic carbocycles. The Balaban J connectivity index is 1.87. The molecule has 4 heteroatoms. The van der Waals surface area contributed by atoms with Gasteiger partial charge in [-0.1, -0.05) is 55.5 Å². The summed E-state index contributed by atoms with van der Waals surface area (Å²) in [5, 5.41) is 13.4. The monoisotopic (exact) mass is 343 g/mol. The number of rotatable bonds is 5. The maximum Gasteiger partial charge on any atom is 0.262 e. The van der Waals surface area contributed by atoms with E-state index in [4.69, 9.17) is 0 Å². The number of benzene rings is 2. The quantitative estimate of drug-likeness (QED) is 0.528. The topological polar surface area (TPSA) is 68.7 Å². The molecule has 1 amide bonds. The highest BCUT2D eigenvalue weighted by atomic mass is 16.1. The summed E-state index contributed by atoms with van der Waals surface area (Å²) in [5.41, 5.74) is 4.20. The number of hydrogen-bond acceptors (Lipinski definition) is 2. The van der Waals surface area contributed by atoms with Gasteiger partial charge in [-0.05, 0) is 30.5 Å². The van der Waals surface area contributed by atoms with E-state index in [1.807, 2.05) is 61.7 Å². The van der Waals surface area contributed by atoms with Crippen molar-refractivity contribution >= 4 is 22.9 Å². The van der Waals surface area contributed by atoms with Crippen LogP contribution < -0.4 is 5.32 Å². The van der Waals surface area contributed by atoms with E-state index < -0.39 is 0 Å². The Morgan fingerprint density at radius 3 is 2.69 bits per heavy atom. The lowest BCUT2D eigenvalue weighted by Gasteiger charge is -2.13. The van der Waals surface area contributed by atoms with Crippen molar-refractivity contribution in [1.29, 1.82) is 5.26 Å². The summed E-state index contributed by atoms with van der Waals surface area (Å²) in [6.45, 7) is 4.01. The molecule has 0 unspecified atom stereocenters. The highest BCUT2D eigenvalue weighted by molar-refractivity contribution is 6.04. The lowest BCUT2D eigenvalue weighted by Crippen LogP contribution is -2.27. The molecule has 1 aromatic heterocycles. The maximum atomic E-state index is 12.5. The van der Waals surface area contributed by atoms with E-state index in [-0.39, 0.29) is 17.5 Å². The van der Waals surface area contributed by atoms with Crippen molar-refractivity contribution in [2.24, 2.45) is 0 Å². The van der Waals surface area contributed by atoms with Gasteiger partial charge in [-0.3, -0.25) is 4.79 Å². The number of para-hydroxylation sites is 1. The molecule has 1 heterocycles. The van der Waals surface area contributed by atoms with Crippen LogP contribution >= 0.6 is 0 Å². The minimum absolute atomic E-state index is 0.0931. The number of carbonyl (C=O) groups is 1. The number of aromatic nitrogens is 1. The van der Waals surface area contributed by atoms with Gasteiger partial charge in [0.1, 0.15) is 11.6 Å². The van der Waals surface area contributed by atoms with E-state index >= 15 is 0 Å². The standard InChI is InChI=1S/C22H21N3O/c1-3-16-10-7-11-20-19(14-24-21(16)20)12-18(13-23)22(26)25-15(2)17-8-5-4-6-9-17/h4-12,14-15,24H,3H2,1-2H3,(H,25,26)/b18-12+/t15-/m1/s1. The third-order valence-corrected chi connectivity index (χ3v) is 4.53. The van der Waals surface area contributed by atoms with Crippen LogP contribution in [0, 0.1) is 11.3 Å². The van der Waals surface area contributed by atoms with Gasteiger partial charge in [-0.25, -0.2) is 0 Å². The summed E-state index contributed by atoms with van der Waals surface area (Å²) < 4.78 is 0. The second kappa shape index (κ2) is 7.71. The molecule has 130 valence electrons. The van der Waals surface area contributed by atoms with Crippen molar-refractivity contribution in [1.82, 2.24) is 10.3 Å². The largest absolute Gasteiger partial charge is 0.360 e. The molecule has 0 aliphatic rings. The normalized spacial score (nSPS) is 12.6. The summed E-state index contributed by atoms with van der Waals surface area (Å²) in [7, 11) is 0. The molecule has 0 saturated carbocycles. The third kappa shape index (κ3) is 3.52. The highest BCUT2D eigenvalue weighted by Gasteiger charge is 2.15. The van der Waals surface area contributed by atoms with Crippen molar-refractivity contribution in [3.63, 3.8) is 0 Å². The zero-order valence-corrected chi connectivity index (χ0v) is 14.9. The van der Waals surface area contributed by atoms with Crippen molar-refractivity contribution in [3.05, 3.63) is 77.0 Å². The summed E-state index contributed by atoms with van der Waals surface area (Å²) in [5.74, 6) is -0.371. The van der Waals surface area contributed by atoms with Gasteiger partial charge in [0.2, 0.25) is 0 Å². The van der Waals surface area contributed by atoms with Gasteiger partial charge >= 0.3 is 0 Å². The number of nitrogens with one attached hydrogen (secondary N) is 2. The van der Waals surface area contributed by atoms with Crippen molar-refractivity contribution in [2.75, 3.05) is 0 Å². The molecule has 2 N–H and O–H groups in total. The van der Waals surface area contributed by atoms with Crippen LogP contribution in [0.1, 0.15) is 36.6 Å². The molecule has 0 spiro atoms. The van der Waals surface area contributed by atoms with E-state index in [1.165, 1.54) is 5.56 Å². The first kappa shape index (κ1) is 17.5. The predicted molar refractivity (Wildman–Crippen MR) is 104 cm³/mol.